The van der Waals surface area contributed by atoms with Gasteiger partial charge in [-0.3, -0.25) is 4.79 Å². The van der Waals surface area contributed by atoms with Crippen molar-refractivity contribution in [2.45, 2.75) is 13.5 Å². The van der Waals surface area contributed by atoms with Crippen LogP contribution in [0.15, 0.2) is 33.5 Å². The van der Waals surface area contributed by atoms with Gasteiger partial charge < -0.3 is 10.2 Å². The van der Waals surface area contributed by atoms with Gasteiger partial charge in [-0.2, -0.15) is 5.10 Å². The molecular formula is C11H13N3O2. The number of hydrogen-bond donors (Lipinski definition) is 1. The summed E-state index contributed by atoms with van der Waals surface area (Å²) in [5.41, 5.74) is 5.88. The van der Waals surface area contributed by atoms with Crippen LogP contribution in [0.1, 0.15) is 5.76 Å². The Morgan fingerprint density at radius 3 is 2.81 bits per heavy atom. The van der Waals surface area contributed by atoms with E-state index < -0.39 is 0 Å². The standard InChI is InChI=1S/C11H13N3O2/c1-8-2-4-10(16-8)9-3-5-11(15)14(13-9)7-6-12/h2-5H,6-7,12H2,1H3. The van der Waals surface area contributed by atoms with E-state index in [9.17, 15) is 4.79 Å². The molecule has 2 aromatic rings. The highest BCUT2D eigenvalue weighted by atomic mass is 16.3. The van der Waals surface area contributed by atoms with Crippen LogP contribution >= 0.6 is 0 Å². The Morgan fingerprint density at radius 1 is 1.38 bits per heavy atom. The smallest absolute Gasteiger partial charge is 0.266 e. The highest BCUT2D eigenvalue weighted by Crippen LogP contribution is 2.18. The number of nitrogens with two attached hydrogens (primary N) is 1. The third kappa shape index (κ3) is 2.04. The Bertz CT molecular complexity index is 542. The molecule has 0 atom stereocenters. The van der Waals surface area contributed by atoms with Crippen LogP contribution < -0.4 is 11.3 Å². The van der Waals surface area contributed by atoms with Crippen molar-refractivity contribution in [3.63, 3.8) is 0 Å². The molecule has 0 amide bonds. The molecule has 0 unspecified atom stereocenters. The van der Waals surface area contributed by atoms with E-state index in [-0.39, 0.29) is 5.56 Å². The third-order valence-corrected chi connectivity index (χ3v) is 2.20. The number of hydrogen-bond acceptors (Lipinski definition) is 4. The molecule has 2 N–H and O–H groups in total. The topological polar surface area (TPSA) is 74.0 Å². The highest BCUT2D eigenvalue weighted by Gasteiger charge is 2.06. The molecule has 84 valence electrons. The lowest BCUT2D eigenvalue weighted by molar-refractivity contribution is 0.535. The van der Waals surface area contributed by atoms with Crippen LogP contribution in [0.3, 0.4) is 0 Å². The maximum absolute atomic E-state index is 11.4. The SMILES string of the molecule is Cc1ccc(-c2ccc(=O)n(CCN)n2)o1. The van der Waals surface area contributed by atoms with Gasteiger partial charge >= 0.3 is 0 Å². The molecule has 16 heavy (non-hydrogen) atoms. The Hall–Kier alpha value is -1.88. The quantitative estimate of drug-likeness (QED) is 0.827. The number of rotatable bonds is 3. The van der Waals surface area contributed by atoms with Crippen molar-refractivity contribution in [1.82, 2.24) is 9.78 Å². The van der Waals surface area contributed by atoms with E-state index in [1.54, 1.807) is 6.07 Å². The first-order valence-electron chi connectivity index (χ1n) is 5.06. The first-order chi connectivity index (χ1) is 7.70. The van der Waals surface area contributed by atoms with Gasteiger partial charge in [0, 0.05) is 12.6 Å². The predicted octanol–water partition coefficient (Wildman–Crippen LogP) is 0.770. The van der Waals surface area contributed by atoms with Gasteiger partial charge in [-0.05, 0) is 25.1 Å². The van der Waals surface area contributed by atoms with Crippen molar-refractivity contribution < 1.29 is 4.42 Å². The predicted molar refractivity (Wildman–Crippen MR) is 60.0 cm³/mol. The maximum Gasteiger partial charge on any atom is 0.266 e. The van der Waals surface area contributed by atoms with Crippen molar-refractivity contribution in [1.29, 1.82) is 0 Å². The normalized spacial score (nSPS) is 10.6. The zero-order valence-electron chi connectivity index (χ0n) is 9.01. The van der Waals surface area contributed by atoms with E-state index in [0.717, 1.165) is 5.76 Å². The number of aromatic nitrogens is 2. The van der Waals surface area contributed by atoms with Crippen LogP contribution in [0.5, 0.6) is 0 Å². The Labute approximate surface area is 92.5 Å². The van der Waals surface area contributed by atoms with Gasteiger partial charge in [0.1, 0.15) is 11.5 Å². The fraction of sp³-hybridized carbons (Fsp3) is 0.273. The first kappa shape index (κ1) is 10.6. The van der Waals surface area contributed by atoms with Gasteiger partial charge in [-0.1, -0.05) is 0 Å². The second-order valence-corrected chi connectivity index (χ2v) is 3.48. The van der Waals surface area contributed by atoms with Crippen molar-refractivity contribution in [2.75, 3.05) is 6.54 Å². The molecule has 0 bridgehead atoms. The molecule has 0 saturated heterocycles. The van der Waals surface area contributed by atoms with Crippen LogP contribution in [0.4, 0.5) is 0 Å². The minimum atomic E-state index is -0.155. The molecule has 0 saturated carbocycles. The van der Waals surface area contributed by atoms with E-state index in [0.29, 0.717) is 24.5 Å². The molecule has 2 rings (SSSR count). The van der Waals surface area contributed by atoms with Crippen LogP contribution in [0.2, 0.25) is 0 Å². The van der Waals surface area contributed by atoms with E-state index in [1.165, 1.54) is 10.7 Å². The summed E-state index contributed by atoms with van der Waals surface area (Å²) in [7, 11) is 0. The number of furan rings is 1. The van der Waals surface area contributed by atoms with E-state index in [1.807, 2.05) is 19.1 Å². The van der Waals surface area contributed by atoms with Crippen LogP contribution in [0.25, 0.3) is 11.5 Å². The average Bonchev–Trinajstić information content (AvgIpc) is 2.69. The molecule has 5 heteroatoms. The monoisotopic (exact) mass is 219 g/mol. The first-order valence-corrected chi connectivity index (χ1v) is 5.06. The Morgan fingerprint density at radius 2 is 2.19 bits per heavy atom. The van der Waals surface area contributed by atoms with Crippen molar-refractivity contribution >= 4 is 0 Å². The number of nitrogens with zero attached hydrogens (tertiary/aromatic N) is 2. The van der Waals surface area contributed by atoms with Gasteiger partial charge in [0.05, 0.1) is 6.54 Å². The largest absolute Gasteiger partial charge is 0.460 e. The minimum Gasteiger partial charge on any atom is -0.460 e. The lowest BCUT2D eigenvalue weighted by Crippen LogP contribution is -2.25. The fourth-order valence-electron chi connectivity index (χ4n) is 1.44. The van der Waals surface area contributed by atoms with Gasteiger partial charge in [0.2, 0.25) is 0 Å². The highest BCUT2D eigenvalue weighted by molar-refractivity contribution is 5.50. The minimum absolute atomic E-state index is 0.155. The molecule has 0 aromatic carbocycles. The summed E-state index contributed by atoms with van der Waals surface area (Å²) < 4.78 is 6.77. The number of aryl methyl sites for hydroxylation is 1. The summed E-state index contributed by atoms with van der Waals surface area (Å²) in [5.74, 6) is 1.47. The van der Waals surface area contributed by atoms with Crippen molar-refractivity contribution in [3.8, 4) is 11.5 Å². The molecule has 5 nitrogen and oxygen atoms in total. The van der Waals surface area contributed by atoms with Crippen LogP contribution in [0, 0.1) is 6.92 Å². The molecule has 0 aliphatic carbocycles. The lowest BCUT2D eigenvalue weighted by atomic mass is 10.3. The van der Waals surface area contributed by atoms with Gasteiger partial charge in [0.25, 0.3) is 5.56 Å². The molecule has 0 radical (unpaired) electrons. The second-order valence-electron chi connectivity index (χ2n) is 3.48. The summed E-state index contributed by atoms with van der Waals surface area (Å²) in [4.78, 5) is 11.4. The summed E-state index contributed by atoms with van der Waals surface area (Å²) in [5, 5.41) is 4.18. The second kappa shape index (κ2) is 4.32. The lowest BCUT2D eigenvalue weighted by Gasteiger charge is -2.03. The third-order valence-electron chi connectivity index (χ3n) is 2.20. The summed E-state index contributed by atoms with van der Waals surface area (Å²) in [6, 6.07) is 6.80. The van der Waals surface area contributed by atoms with Crippen LogP contribution in [-0.2, 0) is 6.54 Å². The van der Waals surface area contributed by atoms with E-state index >= 15 is 0 Å². The van der Waals surface area contributed by atoms with Gasteiger partial charge in [-0.25, -0.2) is 4.68 Å². The van der Waals surface area contributed by atoms with E-state index in [4.69, 9.17) is 10.2 Å². The van der Waals surface area contributed by atoms with Crippen LogP contribution in [-0.4, -0.2) is 16.3 Å². The van der Waals surface area contributed by atoms with Crippen molar-refractivity contribution in [3.05, 3.63) is 40.4 Å². The van der Waals surface area contributed by atoms with Gasteiger partial charge in [-0.15, -0.1) is 0 Å². The summed E-state index contributed by atoms with van der Waals surface area (Å²) >= 11 is 0. The molecule has 2 aromatic heterocycles. The average molecular weight is 219 g/mol. The molecular weight excluding hydrogens is 206 g/mol. The van der Waals surface area contributed by atoms with Gasteiger partial charge in [0.15, 0.2) is 5.76 Å². The molecule has 2 heterocycles. The molecule has 0 fully saturated rings. The zero-order chi connectivity index (χ0) is 11.5. The summed E-state index contributed by atoms with van der Waals surface area (Å²) in [6.45, 7) is 2.65. The zero-order valence-corrected chi connectivity index (χ0v) is 9.01. The molecule has 0 spiro atoms. The summed E-state index contributed by atoms with van der Waals surface area (Å²) in [6.07, 6.45) is 0. The fourth-order valence-corrected chi connectivity index (χ4v) is 1.44. The molecule has 0 aliphatic heterocycles. The Kier molecular flexibility index (Phi) is 2.87. The van der Waals surface area contributed by atoms with E-state index in [2.05, 4.69) is 5.10 Å². The molecule has 0 aliphatic rings. The van der Waals surface area contributed by atoms with Crippen molar-refractivity contribution in [2.24, 2.45) is 5.73 Å². The maximum atomic E-state index is 11.4. The Balaban J connectivity index is 2.43.